The lowest BCUT2D eigenvalue weighted by Crippen LogP contribution is -2.13. The Hall–Kier alpha value is -2.37. The van der Waals surface area contributed by atoms with E-state index in [2.05, 4.69) is 15.6 Å². The number of halogens is 1. The van der Waals surface area contributed by atoms with Crippen LogP contribution in [0.2, 0.25) is 5.02 Å². The molecule has 4 nitrogen and oxygen atoms in total. The van der Waals surface area contributed by atoms with Crippen LogP contribution in [-0.4, -0.2) is 10.9 Å². The summed E-state index contributed by atoms with van der Waals surface area (Å²) in [6.45, 7) is 1.89. The van der Waals surface area contributed by atoms with E-state index in [9.17, 15) is 4.79 Å². The number of rotatable bonds is 4. The molecule has 2 N–H and O–H groups in total. The molecule has 6 heteroatoms. The third-order valence-corrected chi connectivity index (χ3v) is 4.30. The number of para-hydroxylation sites is 2. The zero-order valence-corrected chi connectivity index (χ0v) is 13.9. The van der Waals surface area contributed by atoms with Crippen LogP contribution in [0.4, 0.5) is 16.5 Å². The van der Waals surface area contributed by atoms with Gasteiger partial charge >= 0.3 is 0 Å². The van der Waals surface area contributed by atoms with E-state index < -0.39 is 0 Å². The lowest BCUT2D eigenvalue weighted by atomic mass is 10.2. The molecule has 0 saturated heterocycles. The first-order chi connectivity index (χ1) is 11.1. The summed E-state index contributed by atoms with van der Waals surface area (Å²) >= 11 is 7.50. The number of benzene rings is 2. The van der Waals surface area contributed by atoms with Gasteiger partial charge in [0.15, 0.2) is 5.13 Å². The Labute approximate surface area is 143 Å². The summed E-state index contributed by atoms with van der Waals surface area (Å²) in [5.41, 5.74) is 2.80. The van der Waals surface area contributed by atoms with Gasteiger partial charge in [0.05, 0.1) is 10.7 Å². The van der Waals surface area contributed by atoms with E-state index in [1.165, 1.54) is 11.3 Å². The molecular weight excluding hydrogens is 330 g/mol. The van der Waals surface area contributed by atoms with E-state index in [1.807, 2.05) is 49.4 Å². The van der Waals surface area contributed by atoms with Crippen LogP contribution < -0.4 is 10.6 Å². The van der Waals surface area contributed by atoms with E-state index in [-0.39, 0.29) is 5.91 Å². The van der Waals surface area contributed by atoms with Gasteiger partial charge in [-0.25, -0.2) is 4.98 Å². The summed E-state index contributed by atoms with van der Waals surface area (Å²) in [7, 11) is 0. The van der Waals surface area contributed by atoms with Crippen molar-refractivity contribution in [2.75, 3.05) is 10.6 Å². The number of carbonyl (C=O) groups excluding carboxylic acids is 1. The van der Waals surface area contributed by atoms with Gasteiger partial charge in [0.25, 0.3) is 5.91 Å². The van der Waals surface area contributed by atoms with Gasteiger partial charge < -0.3 is 10.6 Å². The minimum Gasteiger partial charge on any atom is -0.332 e. The fourth-order valence-corrected chi connectivity index (χ4v) is 3.03. The third kappa shape index (κ3) is 3.70. The molecule has 2 aromatic carbocycles. The summed E-state index contributed by atoms with van der Waals surface area (Å²) in [6, 6.07) is 15.2. The van der Waals surface area contributed by atoms with Gasteiger partial charge in [-0.05, 0) is 30.7 Å². The monoisotopic (exact) mass is 343 g/mol. The summed E-state index contributed by atoms with van der Waals surface area (Å²) in [6.07, 6.45) is 0. The average molecular weight is 344 g/mol. The normalized spacial score (nSPS) is 10.3. The average Bonchev–Trinajstić information content (AvgIpc) is 3.00. The van der Waals surface area contributed by atoms with Crippen LogP contribution in [0.5, 0.6) is 0 Å². The number of aromatic nitrogens is 1. The highest BCUT2D eigenvalue weighted by atomic mass is 35.5. The maximum absolute atomic E-state index is 12.3. The highest BCUT2D eigenvalue weighted by molar-refractivity contribution is 7.14. The molecule has 0 spiro atoms. The first kappa shape index (κ1) is 15.5. The predicted molar refractivity (Wildman–Crippen MR) is 96.0 cm³/mol. The summed E-state index contributed by atoms with van der Waals surface area (Å²) < 4.78 is 0. The second-order valence-electron chi connectivity index (χ2n) is 4.91. The summed E-state index contributed by atoms with van der Waals surface area (Å²) in [5.74, 6) is -0.279. The van der Waals surface area contributed by atoms with Crippen molar-refractivity contribution in [3.05, 3.63) is 70.2 Å². The van der Waals surface area contributed by atoms with Gasteiger partial charge in [0.1, 0.15) is 5.69 Å². The second-order valence-corrected chi connectivity index (χ2v) is 6.18. The zero-order chi connectivity index (χ0) is 16.2. The van der Waals surface area contributed by atoms with Gasteiger partial charge in [-0.15, -0.1) is 11.3 Å². The minimum atomic E-state index is -0.279. The molecule has 0 atom stereocenters. The summed E-state index contributed by atoms with van der Waals surface area (Å²) in [4.78, 5) is 16.6. The number of hydrogen-bond donors (Lipinski definition) is 2. The molecule has 1 heterocycles. The smallest absolute Gasteiger partial charge is 0.275 e. The fourth-order valence-electron chi connectivity index (χ4n) is 2.05. The van der Waals surface area contributed by atoms with Crippen molar-refractivity contribution < 1.29 is 4.79 Å². The van der Waals surface area contributed by atoms with E-state index >= 15 is 0 Å². The van der Waals surface area contributed by atoms with Crippen LogP contribution in [0.3, 0.4) is 0 Å². The van der Waals surface area contributed by atoms with Crippen LogP contribution in [-0.2, 0) is 0 Å². The summed E-state index contributed by atoms with van der Waals surface area (Å²) in [5, 5.41) is 8.87. The number of hydrogen-bond acceptors (Lipinski definition) is 4. The molecule has 3 rings (SSSR count). The lowest BCUT2D eigenvalue weighted by Gasteiger charge is -2.08. The van der Waals surface area contributed by atoms with Crippen LogP contribution in [0.15, 0.2) is 53.9 Å². The molecule has 0 aliphatic carbocycles. The van der Waals surface area contributed by atoms with Crippen molar-refractivity contribution >= 4 is 45.4 Å². The Balaban J connectivity index is 1.74. The topological polar surface area (TPSA) is 54.0 Å². The molecule has 0 saturated carbocycles. The first-order valence-corrected chi connectivity index (χ1v) is 8.23. The zero-order valence-electron chi connectivity index (χ0n) is 12.3. The fraction of sp³-hybridized carbons (Fsp3) is 0.0588. The standard InChI is InChI=1S/C17H14ClN3OS/c1-11-6-5-9-13(18)15(11)21-16(22)14-10-23-17(20-14)19-12-7-3-2-4-8-12/h2-10H,1H3,(H,19,20)(H,21,22). The predicted octanol–water partition coefficient (Wildman–Crippen LogP) is 5.10. The van der Waals surface area contributed by atoms with Gasteiger partial charge in [-0.1, -0.05) is 41.9 Å². The Kier molecular flexibility index (Phi) is 4.60. The molecule has 0 aliphatic heterocycles. The third-order valence-electron chi connectivity index (χ3n) is 3.22. The number of amides is 1. The Morgan fingerprint density at radius 3 is 2.65 bits per heavy atom. The quantitative estimate of drug-likeness (QED) is 0.692. The molecule has 0 aliphatic rings. The van der Waals surface area contributed by atoms with Crippen molar-refractivity contribution in [2.24, 2.45) is 0 Å². The van der Waals surface area contributed by atoms with Crippen molar-refractivity contribution in [1.29, 1.82) is 0 Å². The molecule has 23 heavy (non-hydrogen) atoms. The van der Waals surface area contributed by atoms with Crippen molar-refractivity contribution in [3.63, 3.8) is 0 Å². The number of nitrogens with zero attached hydrogens (tertiary/aromatic N) is 1. The minimum absolute atomic E-state index is 0.279. The lowest BCUT2D eigenvalue weighted by molar-refractivity contribution is 0.102. The molecule has 3 aromatic rings. The number of carbonyl (C=O) groups is 1. The SMILES string of the molecule is Cc1cccc(Cl)c1NC(=O)c1csc(Nc2ccccc2)n1. The van der Waals surface area contributed by atoms with E-state index in [1.54, 1.807) is 11.4 Å². The molecule has 0 bridgehead atoms. The maximum atomic E-state index is 12.3. The highest BCUT2D eigenvalue weighted by Gasteiger charge is 2.14. The molecule has 0 unspecified atom stereocenters. The Bertz CT molecular complexity index is 813. The van der Waals surface area contributed by atoms with Crippen LogP contribution in [0.25, 0.3) is 0 Å². The number of anilines is 3. The number of thiazole rings is 1. The Morgan fingerprint density at radius 2 is 1.91 bits per heavy atom. The van der Waals surface area contributed by atoms with Crippen LogP contribution in [0.1, 0.15) is 16.1 Å². The maximum Gasteiger partial charge on any atom is 0.275 e. The largest absolute Gasteiger partial charge is 0.332 e. The van der Waals surface area contributed by atoms with Crippen molar-refractivity contribution in [3.8, 4) is 0 Å². The second kappa shape index (κ2) is 6.81. The molecule has 116 valence electrons. The molecule has 0 radical (unpaired) electrons. The highest BCUT2D eigenvalue weighted by Crippen LogP contribution is 2.26. The van der Waals surface area contributed by atoms with E-state index in [4.69, 9.17) is 11.6 Å². The molecule has 0 fully saturated rings. The van der Waals surface area contributed by atoms with Crippen LogP contribution >= 0.6 is 22.9 Å². The van der Waals surface area contributed by atoms with Gasteiger partial charge in [-0.3, -0.25) is 4.79 Å². The molecular formula is C17H14ClN3OS. The Morgan fingerprint density at radius 1 is 1.13 bits per heavy atom. The van der Waals surface area contributed by atoms with Crippen molar-refractivity contribution in [1.82, 2.24) is 4.98 Å². The van der Waals surface area contributed by atoms with Gasteiger partial charge in [0.2, 0.25) is 0 Å². The molecule has 1 aromatic heterocycles. The molecule has 1 amide bonds. The van der Waals surface area contributed by atoms with E-state index in [0.717, 1.165) is 11.3 Å². The van der Waals surface area contributed by atoms with E-state index in [0.29, 0.717) is 21.5 Å². The first-order valence-electron chi connectivity index (χ1n) is 6.97. The van der Waals surface area contributed by atoms with Crippen molar-refractivity contribution in [2.45, 2.75) is 6.92 Å². The number of nitrogens with one attached hydrogen (secondary N) is 2. The number of aryl methyl sites for hydroxylation is 1. The van der Waals surface area contributed by atoms with Gasteiger partial charge in [-0.2, -0.15) is 0 Å². The van der Waals surface area contributed by atoms with Gasteiger partial charge in [0, 0.05) is 11.1 Å². The van der Waals surface area contributed by atoms with Crippen LogP contribution in [0, 0.1) is 6.92 Å².